The fraction of sp³-hybridized carbons (Fsp3) is 0.308. The van der Waals surface area contributed by atoms with Crippen LogP contribution >= 0.6 is 27.7 Å². The number of nitrogens with one attached hydrogen (secondary N) is 1. The first-order valence-corrected chi connectivity index (χ1v) is 8.02. The van der Waals surface area contributed by atoms with E-state index in [-0.39, 0.29) is 0 Å². The highest BCUT2D eigenvalue weighted by Crippen LogP contribution is 2.34. The maximum absolute atomic E-state index is 4.56. The number of fused-ring (bicyclic) bond motifs is 3. The van der Waals surface area contributed by atoms with Crippen LogP contribution in [-0.2, 0) is 0 Å². The van der Waals surface area contributed by atoms with Gasteiger partial charge in [0.1, 0.15) is 5.52 Å². The highest BCUT2D eigenvalue weighted by atomic mass is 79.9. The Balaban J connectivity index is 1.77. The molecule has 0 bridgehead atoms. The summed E-state index contributed by atoms with van der Waals surface area (Å²) < 4.78 is 1.04. The molecule has 2 heterocycles. The number of halogens is 1. The number of aromatic nitrogens is 4. The van der Waals surface area contributed by atoms with Crippen molar-refractivity contribution in [3.05, 3.63) is 22.7 Å². The van der Waals surface area contributed by atoms with Gasteiger partial charge in [0.2, 0.25) is 5.16 Å². The molecule has 3 aromatic rings. The Kier molecular flexibility index (Phi) is 2.73. The second-order valence-electron chi connectivity index (χ2n) is 4.86. The third-order valence-corrected chi connectivity index (χ3v) is 4.86. The summed E-state index contributed by atoms with van der Waals surface area (Å²) in [7, 11) is 0. The molecule has 1 N–H and O–H groups in total. The standard InChI is InChI=1S/C13H11BrN4S/c14-8-3-4-9-10(5-8)15-12-11(9)17-18-13(16-12)19-6-7-1-2-7/h3-5,7H,1-2,6H2,(H,15,16,18). The van der Waals surface area contributed by atoms with Crippen LogP contribution in [0.3, 0.4) is 0 Å². The van der Waals surface area contributed by atoms with E-state index in [0.717, 1.165) is 43.4 Å². The van der Waals surface area contributed by atoms with E-state index in [2.05, 4.69) is 36.1 Å². The number of hydrogen-bond donors (Lipinski definition) is 1. The van der Waals surface area contributed by atoms with Crippen molar-refractivity contribution in [2.45, 2.75) is 18.0 Å². The maximum Gasteiger partial charge on any atom is 0.211 e. The first-order chi connectivity index (χ1) is 9.29. The molecule has 4 rings (SSSR count). The molecule has 19 heavy (non-hydrogen) atoms. The minimum absolute atomic E-state index is 0.769. The van der Waals surface area contributed by atoms with Gasteiger partial charge in [0.05, 0.1) is 5.52 Å². The van der Waals surface area contributed by atoms with Crippen LogP contribution in [0.5, 0.6) is 0 Å². The van der Waals surface area contributed by atoms with Gasteiger partial charge in [-0.25, -0.2) is 4.98 Å². The van der Waals surface area contributed by atoms with Gasteiger partial charge in [-0.3, -0.25) is 0 Å². The van der Waals surface area contributed by atoms with Crippen molar-refractivity contribution in [2.24, 2.45) is 5.92 Å². The third-order valence-electron chi connectivity index (χ3n) is 3.30. The van der Waals surface area contributed by atoms with E-state index in [1.165, 1.54) is 12.8 Å². The number of benzene rings is 1. The van der Waals surface area contributed by atoms with Crippen molar-refractivity contribution in [1.82, 2.24) is 20.2 Å². The van der Waals surface area contributed by atoms with Crippen LogP contribution in [0.25, 0.3) is 22.1 Å². The topological polar surface area (TPSA) is 54.5 Å². The number of H-pyrrole nitrogens is 1. The predicted octanol–water partition coefficient (Wildman–Crippen LogP) is 3.77. The maximum atomic E-state index is 4.56. The molecule has 0 spiro atoms. The highest BCUT2D eigenvalue weighted by molar-refractivity contribution is 9.10. The van der Waals surface area contributed by atoms with E-state index in [1.54, 1.807) is 11.8 Å². The minimum Gasteiger partial charge on any atom is -0.338 e. The van der Waals surface area contributed by atoms with E-state index in [9.17, 15) is 0 Å². The molecule has 6 heteroatoms. The van der Waals surface area contributed by atoms with Crippen LogP contribution in [0.4, 0.5) is 0 Å². The van der Waals surface area contributed by atoms with E-state index >= 15 is 0 Å². The molecule has 0 saturated heterocycles. The van der Waals surface area contributed by atoms with Crippen molar-refractivity contribution in [3.8, 4) is 0 Å². The molecule has 0 unspecified atom stereocenters. The first kappa shape index (κ1) is 11.7. The molecule has 0 atom stereocenters. The van der Waals surface area contributed by atoms with Gasteiger partial charge >= 0.3 is 0 Å². The van der Waals surface area contributed by atoms with E-state index in [4.69, 9.17) is 0 Å². The Morgan fingerprint density at radius 3 is 3.05 bits per heavy atom. The van der Waals surface area contributed by atoms with Gasteiger partial charge in [-0.1, -0.05) is 27.7 Å². The summed E-state index contributed by atoms with van der Waals surface area (Å²) in [5.74, 6) is 1.97. The van der Waals surface area contributed by atoms with E-state index < -0.39 is 0 Å². The summed E-state index contributed by atoms with van der Waals surface area (Å²) in [6.07, 6.45) is 2.70. The number of hydrogen-bond acceptors (Lipinski definition) is 4. The van der Waals surface area contributed by atoms with Crippen molar-refractivity contribution >= 4 is 49.8 Å². The predicted molar refractivity (Wildman–Crippen MR) is 80.3 cm³/mol. The van der Waals surface area contributed by atoms with Crippen LogP contribution in [0.2, 0.25) is 0 Å². The summed E-state index contributed by atoms with van der Waals surface area (Å²) in [4.78, 5) is 7.87. The number of rotatable bonds is 3. The normalized spacial score (nSPS) is 15.4. The fourth-order valence-corrected chi connectivity index (χ4v) is 3.41. The zero-order valence-electron chi connectivity index (χ0n) is 10.1. The van der Waals surface area contributed by atoms with Crippen LogP contribution in [0, 0.1) is 5.92 Å². The summed E-state index contributed by atoms with van der Waals surface area (Å²) in [5.41, 5.74) is 2.70. The minimum atomic E-state index is 0.769. The molecule has 1 aliphatic carbocycles. The molecule has 1 aliphatic rings. The lowest BCUT2D eigenvalue weighted by molar-refractivity contribution is 0.872. The third kappa shape index (κ3) is 2.23. The molecule has 0 amide bonds. The molecule has 0 aliphatic heterocycles. The van der Waals surface area contributed by atoms with Gasteiger partial charge in [-0.15, -0.1) is 10.2 Å². The molecule has 1 saturated carbocycles. The van der Waals surface area contributed by atoms with Gasteiger partial charge in [0.15, 0.2) is 5.65 Å². The summed E-state index contributed by atoms with van der Waals surface area (Å²) in [5, 5.41) is 10.4. The molecule has 96 valence electrons. The molecule has 1 fully saturated rings. The monoisotopic (exact) mass is 334 g/mol. The Labute approximate surface area is 122 Å². The lowest BCUT2D eigenvalue weighted by atomic mass is 10.2. The largest absolute Gasteiger partial charge is 0.338 e. The number of nitrogens with zero attached hydrogens (tertiary/aromatic N) is 3. The Bertz CT molecular complexity index is 766. The zero-order valence-corrected chi connectivity index (χ0v) is 12.5. The van der Waals surface area contributed by atoms with Gasteiger partial charge < -0.3 is 4.98 Å². The highest BCUT2D eigenvalue weighted by Gasteiger charge is 2.22. The summed E-state index contributed by atoms with van der Waals surface area (Å²) >= 11 is 5.18. The van der Waals surface area contributed by atoms with Gasteiger partial charge in [0, 0.05) is 15.6 Å². The van der Waals surface area contributed by atoms with Crippen LogP contribution in [-0.4, -0.2) is 25.9 Å². The van der Waals surface area contributed by atoms with E-state index in [0.29, 0.717) is 0 Å². The lowest BCUT2D eigenvalue weighted by Gasteiger charge is -1.96. The zero-order chi connectivity index (χ0) is 12.8. The molecular weight excluding hydrogens is 324 g/mol. The Morgan fingerprint density at radius 2 is 2.21 bits per heavy atom. The Morgan fingerprint density at radius 1 is 1.32 bits per heavy atom. The molecule has 1 aromatic carbocycles. The second kappa shape index (κ2) is 4.45. The van der Waals surface area contributed by atoms with Crippen LogP contribution < -0.4 is 0 Å². The first-order valence-electron chi connectivity index (χ1n) is 6.24. The average Bonchev–Trinajstić information content (AvgIpc) is 3.16. The molecule has 0 radical (unpaired) electrons. The van der Waals surface area contributed by atoms with Gasteiger partial charge in [-0.2, -0.15) is 0 Å². The fourth-order valence-electron chi connectivity index (χ4n) is 2.07. The molecular formula is C13H11BrN4S. The average molecular weight is 335 g/mol. The molecule has 4 nitrogen and oxygen atoms in total. The van der Waals surface area contributed by atoms with Crippen molar-refractivity contribution in [2.75, 3.05) is 5.75 Å². The summed E-state index contributed by atoms with van der Waals surface area (Å²) in [6, 6.07) is 6.08. The number of thioether (sulfide) groups is 1. The lowest BCUT2D eigenvalue weighted by Crippen LogP contribution is -1.92. The van der Waals surface area contributed by atoms with Crippen LogP contribution in [0.15, 0.2) is 27.8 Å². The summed E-state index contributed by atoms with van der Waals surface area (Å²) in [6.45, 7) is 0. The molecule has 2 aromatic heterocycles. The number of aromatic amines is 1. The smallest absolute Gasteiger partial charge is 0.211 e. The SMILES string of the molecule is Brc1ccc2c(c1)[nH]c1nc(SCC3CC3)nnc12. The van der Waals surface area contributed by atoms with E-state index in [1.807, 2.05) is 18.2 Å². The quantitative estimate of drug-likeness (QED) is 0.740. The second-order valence-corrected chi connectivity index (χ2v) is 6.76. The van der Waals surface area contributed by atoms with Crippen molar-refractivity contribution in [1.29, 1.82) is 0 Å². The van der Waals surface area contributed by atoms with Gasteiger partial charge in [0.25, 0.3) is 0 Å². The van der Waals surface area contributed by atoms with Crippen molar-refractivity contribution in [3.63, 3.8) is 0 Å². The van der Waals surface area contributed by atoms with Gasteiger partial charge in [-0.05, 0) is 37.0 Å². The van der Waals surface area contributed by atoms with Crippen molar-refractivity contribution < 1.29 is 0 Å². The van der Waals surface area contributed by atoms with Crippen LogP contribution in [0.1, 0.15) is 12.8 Å². The Hall–Kier alpha value is -1.14.